The lowest BCUT2D eigenvalue weighted by molar-refractivity contribution is 1.30. The van der Waals surface area contributed by atoms with Crippen molar-refractivity contribution in [1.82, 2.24) is 4.98 Å². The van der Waals surface area contributed by atoms with Gasteiger partial charge in [-0.25, -0.2) is 4.98 Å². The number of benzene rings is 1. The molecule has 0 atom stereocenters. The van der Waals surface area contributed by atoms with Gasteiger partial charge in [-0.2, -0.15) is 0 Å². The van der Waals surface area contributed by atoms with Crippen LogP contribution in [0.3, 0.4) is 0 Å². The van der Waals surface area contributed by atoms with E-state index >= 15 is 0 Å². The van der Waals surface area contributed by atoms with Gasteiger partial charge in [-0.15, -0.1) is 0 Å². The summed E-state index contributed by atoms with van der Waals surface area (Å²) in [7, 11) is 0. The Morgan fingerprint density at radius 3 is 2.35 bits per heavy atom. The molecule has 2 aromatic rings. The molecule has 0 radical (unpaired) electrons. The molecule has 3 nitrogen and oxygen atoms in total. The summed E-state index contributed by atoms with van der Waals surface area (Å²) in [6, 6.07) is 7.88. The van der Waals surface area contributed by atoms with E-state index in [0.29, 0.717) is 16.5 Å². The Bertz CT molecular complexity index is 532. The minimum Gasteiger partial charge on any atom is -0.397 e. The topological polar surface area (TPSA) is 50.9 Å². The highest BCUT2D eigenvalue weighted by atomic mass is 35.5. The summed E-state index contributed by atoms with van der Waals surface area (Å²) < 4.78 is 0. The number of anilines is 3. The Labute approximate surface area is 106 Å². The minimum absolute atomic E-state index is 0.518. The molecule has 0 saturated heterocycles. The van der Waals surface area contributed by atoms with Crippen molar-refractivity contribution in [3.05, 3.63) is 46.6 Å². The third-order valence-corrected chi connectivity index (χ3v) is 2.63. The Morgan fingerprint density at radius 2 is 1.76 bits per heavy atom. The average Bonchev–Trinajstić information content (AvgIpc) is 2.21. The van der Waals surface area contributed by atoms with Crippen molar-refractivity contribution in [2.45, 2.75) is 13.8 Å². The van der Waals surface area contributed by atoms with Gasteiger partial charge in [0.05, 0.1) is 16.9 Å². The summed E-state index contributed by atoms with van der Waals surface area (Å²) in [5.41, 5.74) is 9.51. The van der Waals surface area contributed by atoms with Gasteiger partial charge in [0, 0.05) is 5.69 Å². The van der Waals surface area contributed by atoms with Crippen LogP contribution in [0.15, 0.2) is 30.5 Å². The third kappa shape index (κ3) is 2.88. The van der Waals surface area contributed by atoms with Crippen LogP contribution in [0, 0.1) is 13.8 Å². The summed E-state index contributed by atoms with van der Waals surface area (Å²) in [5, 5.41) is 3.70. The molecular formula is C13H14ClN3. The smallest absolute Gasteiger partial charge is 0.149 e. The molecule has 0 spiro atoms. The van der Waals surface area contributed by atoms with Crippen LogP contribution < -0.4 is 11.1 Å². The molecule has 0 aliphatic heterocycles. The van der Waals surface area contributed by atoms with Crippen molar-refractivity contribution in [3.63, 3.8) is 0 Å². The van der Waals surface area contributed by atoms with Crippen LogP contribution in [0.25, 0.3) is 0 Å². The fourth-order valence-corrected chi connectivity index (χ4v) is 1.95. The van der Waals surface area contributed by atoms with Crippen LogP contribution in [0.1, 0.15) is 11.1 Å². The van der Waals surface area contributed by atoms with E-state index in [2.05, 4.69) is 30.2 Å². The Kier molecular flexibility index (Phi) is 3.20. The first-order valence-electron chi connectivity index (χ1n) is 5.31. The van der Waals surface area contributed by atoms with E-state index in [1.165, 1.54) is 11.1 Å². The number of aryl methyl sites for hydroxylation is 2. The van der Waals surface area contributed by atoms with Gasteiger partial charge in [0.2, 0.25) is 0 Å². The standard InChI is InChI=1S/C13H14ClN3/c1-8-3-9(2)5-11(4-8)17-13-12(14)6-10(15)7-16-13/h3-7H,15H2,1-2H3,(H,16,17). The number of nitrogens with one attached hydrogen (secondary N) is 1. The number of nitrogens with two attached hydrogens (primary N) is 1. The lowest BCUT2D eigenvalue weighted by Gasteiger charge is -2.09. The van der Waals surface area contributed by atoms with Crippen molar-refractivity contribution >= 4 is 28.8 Å². The molecular weight excluding hydrogens is 234 g/mol. The fraction of sp³-hybridized carbons (Fsp3) is 0.154. The first-order chi connectivity index (χ1) is 8.04. The van der Waals surface area contributed by atoms with E-state index in [1.54, 1.807) is 12.3 Å². The van der Waals surface area contributed by atoms with Gasteiger partial charge in [-0.05, 0) is 43.2 Å². The third-order valence-electron chi connectivity index (χ3n) is 2.35. The zero-order chi connectivity index (χ0) is 12.4. The molecule has 0 bridgehead atoms. The van der Waals surface area contributed by atoms with Gasteiger partial charge in [0.1, 0.15) is 5.82 Å². The average molecular weight is 248 g/mol. The van der Waals surface area contributed by atoms with Crippen molar-refractivity contribution < 1.29 is 0 Å². The molecule has 0 amide bonds. The summed E-state index contributed by atoms with van der Waals surface area (Å²) in [4.78, 5) is 4.16. The van der Waals surface area contributed by atoms with Gasteiger partial charge in [-0.1, -0.05) is 17.7 Å². The second-order valence-corrected chi connectivity index (χ2v) is 4.51. The van der Waals surface area contributed by atoms with Gasteiger partial charge in [-0.3, -0.25) is 0 Å². The van der Waals surface area contributed by atoms with E-state index in [9.17, 15) is 0 Å². The van der Waals surface area contributed by atoms with Crippen LogP contribution in [0.2, 0.25) is 5.02 Å². The number of pyridine rings is 1. The van der Waals surface area contributed by atoms with Crippen molar-refractivity contribution in [2.24, 2.45) is 0 Å². The number of nitrogens with zero attached hydrogens (tertiary/aromatic N) is 1. The lowest BCUT2D eigenvalue weighted by Crippen LogP contribution is -1.97. The summed E-state index contributed by atoms with van der Waals surface area (Å²) in [5.74, 6) is 0.617. The fourth-order valence-electron chi connectivity index (χ4n) is 1.73. The van der Waals surface area contributed by atoms with Crippen LogP contribution >= 0.6 is 11.6 Å². The normalized spacial score (nSPS) is 10.3. The molecule has 0 aliphatic rings. The van der Waals surface area contributed by atoms with Crippen LogP contribution in [0.5, 0.6) is 0 Å². The maximum Gasteiger partial charge on any atom is 0.149 e. The first kappa shape index (κ1) is 11.7. The molecule has 1 heterocycles. The molecule has 88 valence electrons. The van der Waals surface area contributed by atoms with Crippen molar-refractivity contribution in [3.8, 4) is 0 Å². The maximum absolute atomic E-state index is 6.05. The van der Waals surface area contributed by atoms with Crippen LogP contribution in [-0.4, -0.2) is 4.98 Å². The second-order valence-electron chi connectivity index (χ2n) is 4.10. The van der Waals surface area contributed by atoms with Crippen LogP contribution in [-0.2, 0) is 0 Å². The molecule has 1 aromatic carbocycles. The summed E-state index contributed by atoms with van der Waals surface area (Å²) >= 11 is 6.05. The molecule has 0 saturated carbocycles. The van der Waals surface area contributed by atoms with Gasteiger partial charge >= 0.3 is 0 Å². The van der Waals surface area contributed by atoms with E-state index in [1.807, 2.05) is 12.1 Å². The zero-order valence-corrected chi connectivity index (χ0v) is 10.5. The van der Waals surface area contributed by atoms with Gasteiger partial charge in [0.15, 0.2) is 0 Å². The van der Waals surface area contributed by atoms with Crippen LogP contribution in [0.4, 0.5) is 17.2 Å². The number of nitrogen functional groups attached to an aromatic ring is 1. The quantitative estimate of drug-likeness (QED) is 0.851. The van der Waals surface area contributed by atoms with Crippen molar-refractivity contribution in [1.29, 1.82) is 0 Å². The second kappa shape index (κ2) is 4.63. The van der Waals surface area contributed by atoms with E-state index in [4.69, 9.17) is 17.3 Å². The number of aromatic nitrogens is 1. The number of halogens is 1. The highest BCUT2D eigenvalue weighted by molar-refractivity contribution is 6.33. The molecule has 1 aromatic heterocycles. The molecule has 0 fully saturated rings. The van der Waals surface area contributed by atoms with Gasteiger partial charge < -0.3 is 11.1 Å². The predicted molar refractivity (Wildman–Crippen MR) is 72.9 cm³/mol. The molecule has 17 heavy (non-hydrogen) atoms. The Morgan fingerprint density at radius 1 is 1.12 bits per heavy atom. The minimum atomic E-state index is 0.518. The number of hydrogen-bond acceptors (Lipinski definition) is 3. The Balaban J connectivity index is 2.31. The number of rotatable bonds is 2. The highest BCUT2D eigenvalue weighted by Gasteiger charge is 2.03. The van der Waals surface area contributed by atoms with Crippen molar-refractivity contribution in [2.75, 3.05) is 11.1 Å². The molecule has 0 aliphatic carbocycles. The highest BCUT2D eigenvalue weighted by Crippen LogP contribution is 2.25. The summed E-state index contributed by atoms with van der Waals surface area (Å²) in [6.45, 7) is 4.10. The SMILES string of the molecule is Cc1cc(C)cc(Nc2ncc(N)cc2Cl)c1. The molecule has 4 heteroatoms. The molecule has 3 N–H and O–H groups in total. The zero-order valence-electron chi connectivity index (χ0n) is 9.79. The lowest BCUT2D eigenvalue weighted by atomic mass is 10.1. The number of hydrogen-bond donors (Lipinski definition) is 2. The van der Waals surface area contributed by atoms with E-state index in [0.717, 1.165) is 5.69 Å². The van der Waals surface area contributed by atoms with E-state index < -0.39 is 0 Å². The molecule has 0 unspecified atom stereocenters. The van der Waals surface area contributed by atoms with Gasteiger partial charge in [0.25, 0.3) is 0 Å². The van der Waals surface area contributed by atoms with E-state index in [-0.39, 0.29) is 0 Å². The first-order valence-corrected chi connectivity index (χ1v) is 5.69. The largest absolute Gasteiger partial charge is 0.397 e. The monoisotopic (exact) mass is 247 g/mol. The summed E-state index contributed by atoms with van der Waals surface area (Å²) in [6.07, 6.45) is 1.58. The molecule has 2 rings (SSSR count). The predicted octanol–water partition coefficient (Wildman–Crippen LogP) is 3.68. The Hall–Kier alpha value is -1.74. The maximum atomic E-state index is 6.05.